The van der Waals surface area contributed by atoms with E-state index in [1.165, 1.54) is 0 Å². The van der Waals surface area contributed by atoms with E-state index in [1.54, 1.807) is 4.90 Å². The number of ether oxygens (including phenoxy) is 3. The quantitative estimate of drug-likeness (QED) is 0.576. The molecule has 3 rings (SSSR count). The molecule has 1 unspecified atom stereocenters. The molecule has 2 amide bonds. The van der Waals surface area contributed by atoms with Gasteiger partial charge in [-0.2, -0.15) is 0 Å². The first-order chi connectivity index (χ1) is 15.6. The topological polar surface area (TPSA) is 77.1 Å². The van der Waals surface area contributed by atoms with Gasteiger partial charge in [0, 0.05) is 19.5 Å². The molecule has 7 nitrogen and oxygen atoms in total. The van der Waals surface area contributed by atoms with E-state index in [0.717, 1.165) is 11.3 Å². The van der Waals surface area contributed by atoms with Gasteiger partial charge in [0.15, 0.2) is 17.6 Å². The number of hydrogen-bond acceptors (Lipinski definition) is 5. The van der Waals surface area contributed by atoms with Gasteiger partial charge in [-0.15, -0.1) is 0 Å². The predicted octanol–water partition coefficient (Wildman–Crippen LogP) is 3.74. The van der Waals surface area contributed by atoms with E-state index >= 15 is 0 Å². The molecule has 7 heteroatoms. The number of carbonyl (C=O) groups excluding carboxylic acids is 2. The molecule has 2 aromatic carbocycles. The fraction of sp³-hybridized carbons (Fsp3) is 0.440. The summed E-state index contributed by atoms with van der Waals surface area (Å²) in [5.41, 5.74) is 1.77. The molecule has 0 bridgehead atoms. The summed E-state index contributed by atoms with van der Waals surface area (Å²) in [6.07, 6.45) is 0.980. The lowest BCUT2D eigenvalue weighted by atomic mass is 10.1. The Kier molecular flexibility index (Phi) is 8.36. The van der Waals surface area contributed by atoms with Gasteiger partial charge < -0.3 is 24.4 Å². The first-order valence-electron chi connectivity index (χ1n) is 11.3. The highest BCUT2D eigenvalue weighted by molar-refractivity contribution is 6.00. The lowest BCUT2D eigenvalue weighted by Gasteiger charge is -2.33. The largest absolute Gasteiger partial charge is 0.490 e. The summed E-state index contributed by atoms with van der Waals surface area (Å²) in [7, 11) is 0. The zero-order chi connectivity index (χ0) is 22.9. The monoisotopic (exact) mass is 440 g/mol. The van der Waals surface area contributed by atoms with Gasteiger partial charge in [0.05, 0.1) is 18.9 Å². The van der Waals surface area contributed by atoms with Gasteiger partial charge in [-0.1, -0.05) is 25.1 Å². The van der Waals surface area contributed by atoms with Gasteiger partial charge in [0.1, 0.15) is 5.75 Å². The van der Waals surface area contributed by atoms with E-state index in [2.05, 4.69) is 5.32 Å². The maximum atomic E-state index is 12.7. The Morgan fingerprint density at radius 1 is 1.06 bits per heavy atom. The Hall–Kier alpha value is -3.22. The Balaban J connectivity index is 1.52. The maximum Gasteiger partial charge on any atom is 0.268 e. The third kappa shape index (κ3) is 5.72. The predicted molar refractivity (Wildman–Crippen MR) is 124 cm³/mol. The average molecular weight is 441 g/mol. The molecule has 0 saturated carbocycles. The van der Waals surface area contributed by atoms with Gasteiger partial charge in [0.25, 0.3) is 5.91 Å². The summed E-state index contributed by atoms with van der Waals surface area (Å²) in [5.74, 6) is 1.93. The van der Waals surface area contributed by atoms with Crippen molar-refractivity contribution < 1.29 is 23.8 Å². The summed E-state index contributed by atoms with van der Waals surface area (Å²) >= 11 is 0. The van der Waals surface area contributed by atoms with Crippen molar-refractivity contribution in [3.05, 3.63) is 48.0 Å². The second-order valence-electron chi connectivity index (χ2n) is 7.47. The van der Waals surface area contributed by atoms with Crippen LogP contribution in [0.15, 0.2) is 42.5 Å². The highest BCUT2D eigenvalue weighted by atomic mass is 16.5. The molecule has 0 fully saturated rings. The van der Waals surface area contributed by atoms with Crippen LogP contribution in [0.4, 0.5) is 5.69 Å². The van der Waals surface area contributed by atoms with Crippen LogP contribution in [0.3, 0.4) is 0 Å². The summed E-state index contributed by atoms with van der Waals surface area (Å²) in [5, 5.41) is 2.95. The minimum atomic E-state index is -0.507. The molecule has 0 radical (unpaired) electrons. The zero-order valence-corrected chi connectivity index (χ0v) is 19.1. The first-order valence-corrected chi connectivity index (χ1v) is 11.3. The Bertz CT molecular complexity index is 930. The van der Waals surface area contributed by atoms with Gasteiger partial charge in [-0.25, -0.2) is 0 Å². The van der Waals surface area contributed by atoms with Crippen LogP contribution in [0.25, 0.3) is 0 Å². The van der Waals surface area contributed by atoms with Gasteiger partial charge in [0.2, 0.25) is 5.91 Å². The van der Waals surface area contributed by atoms with Gasteiger partial charge in [-0.05, 0) is 56.5 Å². The van der Waals surface area contributed by atoms with Crippen molar-refractivity contribution in [1.82, 2.24) is 5.32 Å². The molecule has 1 aliphatic heterocycles. The molecule has 1 heterocycles. The summed E-state index contributed by atoms with van der Waals surface area (Å²) < 4.78 is 17.0. The summed E-state index contributed by atoms with van der Waals surface area (Å²) in [6.45, 7) is 7.74. The number of rotatable bonds is 11. The number of nitrogens with zero attached hydrogens (tertiary/aromatic N) is 1. The number of nitrogens with one attached hydrogen (secondary N) is 1. The molecule has 0 saturated heterocycles. The summed E-state index contributed by atoms with van der Waals surface area (Å²) in [6, 6.07) is 13.3. The highest BCUT2D eigenvalue weighted by Gasteiger charge is 2.33. The number of benzene rings is 2. The second-order valence-corrected chi connectivity index (χ2v) is 7.47. The third-order valence-corrected chi connectivity index (χ3v) is 5.24. The SMILES string of the molecule is CCOc1ccc(CCNC(=O)CCN2C(=O)C(CC)Oc3ccccc32)cc1OCC. The lowest BCUT2D eigenvalue weighted by molar-refractivity contribution is -0.126. The molecule has 0 spiro atoms. The van der Waals surface area contributed by atoms with E-state index in [9.17, 15) is 9.59 Å². The number of hydrogen-bond donors (Lipinski definition) is 1. The normalized spacial score (nSPS) is 15.0. The number of anilines is 1. The van der Waals surface area contributed by atoms with Crippen molar-refractivity contribution in [3.8, 4) is 17.2 Å². The number of amides is 2. The smallest absolute Gasteiger partial charge is 0.268 e. The standard InChI is InChI=1S/C25H32N2O5/c1-4-20-25(29)27(19-9-7-8-10-21(19)32-20)16-14-24(28)26-15-13-18-11-12-22(30-5-2)23(17-18)31-6-3/h7-12,17,20H,4-6,13-16H2,1-3H3,(H,26,28). The van der Waals surface area contributed by atoms with Crippen LogP contribution in [-0.4, -0.2) is 44.2 Å². The van der Waals surface area contributed by atoms with Crippen LogP contribution >= 0.6 is 0 Å². The van der Waals surface area contributed by atoms with E-state index in [1.807, 2.05) is 63.2 Å². The minimum absolute atomic E-state index is 0.0919. The van der Waals surface area contributed by atoms with Crippen molar-refractivity contribution in [2.24, 2.45) is 0 Å². The number of carbonyl (C=O) groups is 2. The van der Waals surface area contributed by atoms with Crippen molar-refractivity contribution in [2.45, 2.75) is 46.1 Å². The van der Waals surface area contributed by atoms with Crippen LogP contribution in [0.2, 0.25) is 0 Å². The van der Waals surface area contributed by atoms with Crippen molar-refractivity contribution in [1.29, 1.82) is 0 Å². The molecule has 2 aromatic rings. The van der Waals surface area contributed by atoms with Crippen LogP contribution in [0.1, 0.15) is 39.2 Å². The van der Waals surface area contributed by atoms with Crippen LogP contribution < -0.4 is 24.4 Å². The Labute approximate surface area is 189 Å². The van der Waals surface area contributed by atoms with E-state index in [4.69, 9.17) is 14.2 Å². The Morgan fingerprint density at radius 3 is 2.56 bits per heavy atom. The van der Waals surface area contributed by atoms with Crippen molar-refractivity contribution in [3.63, 3.8) is 0 Å². The number of fused-ring (bicyclic) bond motifs is 1. The van der Waals surface area contributed by atoms with E-state index in [-0.39, 0.29) is 18.2 Å². The second kappa shape index (κ2) is 11.4. The molecule has 0 aromatic heterocycles. The number of para-hydroxylation sites is 2. The fourth-order valence-corrected chi connectivity index (χ4v) is 3.66. The van der Waals surface area contributed by atoms with Crippen molar-refractivity contribution >= 4 is 17.5 Å². The van der Waals surface area contributed by atoms with E-state index < -0.39 is 6.10 Å². The molecule has 1 N–H and O–H groups in total. The molecular weight excluding hydrogens is 408 g/mol. The van der Waals surface area contributed by atoms with Crippen LogP contribution in [-0.2, 0) is 16.0 Å². The molecule has 1 atom stereocenters. The van der Waals surface area contributed by atoms with Crippen molar-refractivity contribution in [2.75, 3.05) is 31.2 Å². The fourth-order valence-electron chi connectivity index (χ4n) is 3.66. The lowest BCUT2D eigenvalue weighted by Crippen LogP contribution is -2.46. The van der Waals surface area contributed by atoms with Crippen LogP contribution in [0, 0.1) is 0 Å². The minimum Gasteiger partial charge on any atom is -0.490 e. The molecular formula is C25H32N2O5. The Morgan fingerprint density at radius 2 is 1.81 bits per heavy atom. The first kappa shape index (κ1) is 23.4. The highest BCUT2D eigenvalue weighted by Crippen LogP contribution is 2.34. The molecule has 0 aliphatic carbocycles. The molecule has 32 heavy (non-hydrogen) atoms. The van der Waals surface area contributed by atoms with Gasteiger partial charge in [-0.3, -0.25) is 9.59 Å². The van der Waals surface area contributed by atoms with E-state index in [0.29, 0.717) is 56.3 Å². The van der Waals surface area contributed by atoms with Gasteiger partial charge >= 0.3 is 0 Å². The summed E-state index contributed by atoms with van der Waals surface area (Å²) in [4.78, 5) is 26.8. The third-order valence-electron chi connectivity index (χ3n) is 5.24. The average Bonchev–Trinajstić information content (AvgIpc) is 2.80. The van der Waals surface area contributed by atoms with Crippen LogP contribution in [0.5, 0.6) is 17.2 Å². The zero-order valence-electron chi connectivity index (χ0n) is 19.1. The maximum absolute atomic E-state index is 12.7. The molecule has 1 aliphatic rings. The molecule has 172 valence electrons.